The molecular formula is C13H21N3O. The van der Waals surface area contributed by atoms with Gasteiger partial charge in [-0.3, -0.25) is 0 Å². The predicted octanol–water partition coefficient (Wildman–Crippen LogP) is 2.06. The summed E-state index contributed by atoms with van der Waals surface area (Å²) >= 11 is 0. The first kappa shape index (κ1) is 12.3. The lowest BCUT2D eigenvalue weighted by molar-refractivity contribution is 0.0762. The van der Waals surface area contributed by atoms with E-state index in [4.69, 9.17) is 0 Å². The fourth-order valence-corrected chi connectivity index (χ4v) is 2.26. The fourth-order valence-electron chi connectivity index (χ4n) is 2.26. The third-order valence-corrected chi connectivity index (χ3v) is 3.62. The van der Waals surface area contributed by atoms with Gasteiger partial charge < -0.3 is 10.4 Å². The maximum atomic E-state index is 9.86. The van der Waals surface area contributed by atoms with Gasteiger partial charge in [-0.1, -0.05) is 12.8 Å². The van der Waals surface area contributed by atoms with Gasteiger partial charge in [-0.2, -0.15) is 0 Å². The number of hydrogen-bond donors (Lipinski definition) is 2. The van der Waals surface area contributed by atoms with Gasteiger partial charge >= 0.3 is 0 Å². The van der Waals surface area contributed by atoms with Gasteiger partial charge in [0.1, 0.15) is 0 Å². The van der Waals surface area contributed by atoms with Crippen molar-refractivity contribution in [1.29, 1.82) is 0 Å². The average molecular weight is 235 g/mol. The summed E-state index contributed by atoms with van der Waals surface area (Å²) in [6.07, 6.45) is 6.07. The second kappa shape index (κ2) is 5.45. The van der Waals surface area contributed by atoms with Crippen molar-refractivity contribution in [3.8, 4) is 0 Å². The van der Waals surface area contributed by atoms with Crippen molar-refractivity contribution in [1.82, 2.24) is 9.97 Å². The van der Waals surface area contributed by atoms with Crippen LogP contribution in [0.1, 0.15) is 36.9 Å². The number of aliphatic hydroxyl groups excluding tert-OH is 1. The molecule has 1 aliphatic rings. The molecule has 0 bridgehead atoms. The highest BCUT2D eigenvalue weighted by Crippen LogP contribution is 2.24. The normalized spacial score (nSPS) is 24.6. The molecule has 2 rings (SSSR count). The van der Waals surface area contributed by atoms with E-state index in [0.29, 0.717) is 11.9 Å². The van der Waals surface area contributed by atoms with Gasteiger partial charge in [0.15, 0.2) is 0 Å². The van der Waals surface area contributed by atoms with Crippen molar-refractivity contribution in [3.05, 3.63) is 17.5 Å². The zero-order valence-corrected chi connectivity index (χ0v) is 10.6. The van der Waals surface area contributed by atoms with Gasteiger partial charge in [0, 0.05) is 24.4 Å². The molecule has 0 radical (unpaired) electrons. The molecule has 4 heteroatoms. The molecule has 2 N–H and O–H groups in total. The van der Waals surface area contributed by atoms with Crippen molar-refractivity contribution in [3.63, 3.8) is 0 Å². The van der Waals surface area contributed by atoms with E-state index in [1.54, 1.807) is 0 Å². The van der Waals surface area contributed by atoms with Crippen LogP contribution in [-0.4, -0.2) is 27.7 Å². The zero-order valence-electron chi connectivity index (χ0n) is 10.6. The van der Waals surface area contributed by atoms with E-state index in [-0.39, 0.29) is 6.10 Å². The first-order chi connectivity index (χ1) is 8.16. The number of aromatic nitrogens is 2. The summed E-state index contributed by atoms with van der Waals surface area (Å²) < 4.78 is 0. The summed E-state index contributed by atoms with van der Waals surface area (Å²) in [4.78, 5) is 8.62. The third-order valence-electron chi connectivity index (χ3n) is 3.62. The van der Waals surface area contributed by atoms with Crippen LogP contribution in [0.15, 0.2) is 6.20 Å². The van der Waals surface area contributed by atoms with Crippen molar-refractivity contribution in [2.75, 3.05) is 11.9 Å². The largest absolute Gasteiger partial charge is 0.393 e. The molecule has 1 saturated carbocycles. The summed E-state index contributed by atoms with van der Waals surface area (Å²) in [6.45, 7) is 4.76. The second-order valence-corrected chi connectivity index (χ2v) is 4.95. The van der Waals surface area contributed by atoms with Crippen LogP contribution >= 0.6 is 0 Å². The average Bonchev–Trinajstić information content (AvgIpc) is 2.32. The highest BCUT2D eigenvalue weighted by atomic mass is 16.3. The molecule has 0 saturated heterocycles. The second-order valence-electron chi connectivity index (χ2n) is 4.95. The number of hydrogen-bond acceptors (Lipinski definition) is 4. The van der Waals surface area contributed by atoms with Crippen LogP contribution in [0.2, 0.25) is 0 Å². The number of rotatable bonds is 3. The van der Waals surface area contributed by atoms with Crippen LogP contribution in [-0.2, 0) is 0 Å². The van der Waals surface area contributed by atoms with Gasteiger partial charge in [-0.15, -0.1) is 0 Å². The summed E-state index contributed by atoms with van der Waals surface area (Å²) in [7, 11) is 0. The van der Waals surface area contributed by atoms with Crippen molar-refractivity contribution < 1.29 is 5.11 Å². The third kappa shape index (κ3) is 3.16. The molecule has 0 aliphatic heterocycles. The predicted molar refractivity (Wildman–Crippen MR) is 68.0 cm³/mol. The first-order valence-electron chi connectivity index (χ1n) is 6.39. The molecule has 1 aromatic heterocycles. The molecule has 2 atom stereocenters. The number of aryl methyl sites for hydroxylation is 2. The van der Waals surface area contributed by atoms with E-state index < -0.39 is 0 Å². The number of aliphatic hydroxyl groups is 1. The molecule has 1 aliphatic carbocycles. The fraction of sp³-hybridized carbons (Fsp3) is 0.692. The first-order valence-corrected chi connectivity index (χ1v) is 6.39. The van der Waals surface area contributed by atoms with Crippen molar-refractivity contribution >= 4 is 5.95 Å². The standard InChI is InChI=1S/C13H21N3O/c1-9-7-14-13(16-10(9)2)15-8-11-5-3-4-6-12(11)17/h7,11-12,17H,3-6,8H2,1-2H3,(H,14,15,16). The van der Waals surface area contributed by atoms with Gasteiger partial charge in [0.05, 0.1) is 6.10 Å². The number of nitrogens with one attached hydrogen (secondary N) is 1. The lowest BCUT2D eigenvalue weighted by Crippen LogP contribution is -2.30. The Balaban J connectivity index is 1.90. The van der Waals surface area contributed by atoms with E-state index in [1.165, 1.54) is 6.42 Å². The number of nitrogens with zero attached hydrogens (tertiary/aromatic N) is 2. The summed E-state index contributed by atoms with van der Waals surface area (Å²) in [5.41, 5.74) is 2.11. The molecule has 1 aromatic rings. The van der Waals surface area contributed by atoms with Crippen LogP contribution in [0.5, 0.6) is 0 Å². The highest BCUT2D eigenvalue weighted by molar-refractivity contribution is 5.28. The van der Waals surface area contributed by atoms with Crippen LogP contribution in [0.3, 0.4) is 0 Å². The molecule has 2 unspecified atom stereocenters. The SMILES string of the molecule is Cc1cnc(NCC2CCCCC2O)nc1C. The van der Waals surface area contributed by atoms with Gasteiger partial charge in [0.2, 0.25) is 5.95 Å². The Hall–Kier alpha value is -1.16. The Morgan fingerprint density at radius 2 is 2.12 bits per heavy atom. The van der Waals surface area contributed by atoms with Crippen LogP contribution in [0.25, 0.3) is 0 Å². The molecule has 4 nitrogen and oxygen atoms in total. The zero-order chi connectivity index (χ0) is 12.3. The molecule has 94 valence electrons. The molecular weight excluding hydrogens is 214 g/mol. The number of anilines is 1. The minimum atomic E-state index is -0.164. The lowest BCUT2D eigenvalue weighted by Gasteiger charge is -2.27. The molecule has 0 amide bonds. The minimum absolute atomic E-state index is 0.164. The molecule has 17 heavy (non-hydrogen) atoms. The molecule has 0 aromatic carbocycles. The Kier molecular flexibility index (Phi) is 3.94. The van der Waals surface area contributed by atoms with E-state index in [0.717, 1.165) is 37.1 Å². The topological polar surface area (TPSA) is 58.0 Å². The van der Waals surface area contributed by atoms with Crippen LogP contribution in [0.4, 0.5) is 5.95 Å². The van der Waals surface area contributed by atoms with E-state index in [2.05, 4.69) is 15.3 Å². The summed E-state index contributed by atoms with van der Waals surface area (Å²) in [5, 5.41) is 13.1. The van der Waals surface area contributed by atoms with Crippen LogP contribution in [0, 0.1) is 19.8 Å². The monoisotopic (exact) mass is 235 g/mol. The quantitative estimate of drug-likeness (QED) is 0.842. The summed E-state index contributed by atoms with van der Waals surface area (Å²) in [6, 6.07) is 0. The Morgan fingerprint density at radius 3 is 2.82 bits per heavy atom. The highest BCUT2D eigenvalue weighted by Gasteiger charge is 2.22. The molecule has 1 fully saturated rings. The summed E-state index contributed by atoms with van der Waals surface area (Å²) in [5.74, 6) is 1.01. The van der Waals surface area contributed by atoms with Gasteiger partial charge in [0.25, 0.3) is 0 Å². The molecule has 0 spiro atoms. The molecule has 1 heterocycles. The lowest BCUT2D eigenvalue weighted by atomic mass is 9.86. The van der Waals surface area contributed by atoms with Gasteiger partial charge in [-0.05, 0) is 32.3 Å². The van der Waals surface area contributed by atoms with Crippen LogP contribution < -0.4 is 5.32 Å². The van der Waals surface area contributed by atoms with E-state index >= 15 is 0 Å². The van der Waals surface area contributed by atoms with E-state index in [9.17, 15) is 5.11 Å². The maximum Gasteiger partial charge on any atom is 0.222 e. The smallest absolute Gasteiger partial charge is 0.222 e. The van der Waals surface area contributed by atoms with Gasteiger partial charge in [-0.25, -0.2) is 9.97 Å². The minimum Gasteiger partial charge on any atom is -0.393 e. The van der Waals surface area contributed by atoms with Crippen molar-refractivity contribution in [2.45, 2.75) is 45.6 Å². The maximum absolute atomic E-state index is 9.86. The Morgan fingerprint density at radius 1 is 1.35 bits per heavy atom. The van der Waals surface area contributed by atoms with E-state index in [1.807, 2.05) is 20.0 Å². The Bertz CT molecular complexity index is 381. The Labute approximate surface area is 102 Å². The van der Waals surface area contributed by atoms with Crippen molar-refractivity contribution in [2.24, 2.45) is 5.92 Å².